The lowest BCUT2D eigenvalue weighted by atomic mass is 10.3. The van der Waals surface area contributed by atoms with E-state index >= 15 is 0 Å². The zero-order valence-corrected chi connectivity index (χ0v) is 12.1. The first-order valence-corrected chi connectivity index (χ1v) is 6.87. The Morgan fingerprint density at radius 1 is 1.53 bits per heavy atom. The molecule has 0 aliphatic heterocycles. The third-order valence-electron chi connectivity index (χ3n) is 2.11. The van der Waals surface area contributed by atoms with E-state index in [2.05, 4.69) is 20.7 Å². The highest BCUT2D eigenvalue weighted by Gasteiger charge is 2.19. The molecule has 0 radical (unpaired) electrons. The molecule has 0 aliphatic rings. The van der Waals surface area contributed by atoms with Gasteiger partial charge in [-0.05, 0) is 35.3 Å². The summed E-state index contributed by atoms with van der Waals surface area (Å²) in [5.74, 6) is -1.38. The van der Waals surface area contributed by atoms with E-state index in [0.29, 0.717) is 6.54 Å². The number of carbonyl (C=O) groups is 2. The summed E-state index contributed by atoms with van der Waals surface area (Å²) in [6.45, 7) is 2.40. The summed E-state index contributed by atoms with van der Waals surface area (Å²) in [6, 6.07) is 2.01. The van der Waals surface area contributed by atoms with Crippen molar-refractivity contribution in [1.82, 2.24) is 4.90 Å². The molecule has 0 saturated carbocycles. The molecule has 0 spiro atoms. The first kappa shape index (κ1) is 14.2. The summed E-state index contributed by atoms with van der Waals surface area (Å²) < 4.78 is 5.68. The fourth-order valence-corrected chi connectivity index (χ4v) is 2.66. The van der Waals surface area contributed by atoms with Crippen molar-refractivity contribution in [2.45, 2.75) is 13.3 Å². The second-order valence-electron chi connectivity index (χ2n) is 3.43. The Balaban J connectivity index is 2.41. The molecular weight excluding hydrogens is 306 g/mol. The molecule has 1 aromatic heterocycles. The fraction of sp³-hybridized carbons (Fsp3) is 0.455. The van der Waals surface area contributed by atoms with Crippen LogP contribution in [0.5, 0.6) is 0 Å². The van der Waals surface area contributed by atoms with Gasteiger partial charge in [0.05, 0.1) is 6.61 Å². The number of rotatable bonds is 4. The molecule has 0 N–H and O–H groups in total. The molecular formula is C11H14BrNO3S. The average molecular weight is 320 g/mol. The van der Waals surface area contributed by atoms with Gasteiger partial charge in [0.15, 0.2) is 0 Å². The van der Waals surface area contributed by atoms with Crippen LogP contribution in [0.4, 0.5) is 0 Å². The largest absolute Gasteiger partial charge is 0.459 e. The predicted molar refractivity (Wildman–Crippen MR) is 70.0 cm³/mol. The van der Waals surface area contributed by atoms with Gasteiger partial charge in [-0.1, -0.05) is 0 Å². The van der Waals surface area contributed by atoms with Crippen molar-refractivity contribution in [3.8, 4) is 0 Å². The molecule has 0 aromatic carbocycles. The molecule has 1 aromatic rings. The van der Waals surface area contributed by atoms with Crippen LogP contribution in [-0.4, -0.2) is 37.0 Å². The van der Waals surface area contributed by atoms with Crippen molar-refractivity contribution in [3.05, 3.63) is 20.8 Å². The van der Waals surface area contributed by atoms with Gasteiger partial charge in [0.2, 0.25) is 0 Å². The van der Waals surface area contributed by atoms with E-state index < -0.39 is 11.9 Å². The molecule has 0 unspecified atom stereocenters. The molecule has 1 rings (SSSR count). The van der Waals surface area contributed by atoms with Gasteiger partial charge >= 0.3 is 11.9 Å². The molecule has 0 saturated heterocycles. The van der Waals surface area contributed by atoms with Gasteiger partial charge in [-0.3, -0.25) is 4.79 Å². The standard InChI is InChI=1S/C11H14BrNO3S/c1-3-16-11(15)10(14)13(2)5-4-9-6-8(12)7-17-9/h6-7H,3-5H2,1-2H3. The van der Waals surface area contributed by atoms with Crippen LogP contribution in [0.25, 0.3) is 0 Å². The Hall–Kier alpha value is -0.880. The number of hydrogen-bond acceptors (Lipinski definition) is 4. The lowest BCUT2D eigenvalue weighted by Crippen LogP contribution is -2.35. The summed E-state index contributed by atoms with van der Waals surface area (Å²) >= 11 is 4.99. The van der Waals surface area contributed by atoms with Gasteiger partial charge in [-0.2, -0.15) is 0 Å². The SMILES string of the molecule is CCOC(=O)C(=O)N(C)CCc1cc(Br)cs1. The second kappa shape index (κ2) is 6.76. The van der Waals surface area contributed by atoms with Crippen LogP contribution in [0.3, 0.4) is 0 Å². The van der Waals surface area contributed by atoms with Crippen molar-refractivity contribution < 1.29 is 14.3 Å². The minimum atomic E-state index is -0.789. The number of carbonyl (C=O) groups excluding carboxylic acids is 2. The molecule has 6 heteroatoms. The summed E-state index contributed by atoms with van der Waals surface area (Å²) in [7, 11) is 1.60. The number of likely N-dealkylation sites (N-methyl/N-ethyl adjacent to an activating group) is 1. The van der Waals surface area contributed by atoms with E-state index in [0.717, 1.165) is 10.9 Å². The molecule has 0 bridgehead atoms. The molecule has 17 heavy (non-hydrogen) atoms. The zero-order chi connectivity index (χ0) is 12.8. The van der Waals surface area contributed by atoms with Crippen molar-refractivity contribution in [2.24, 2.45) is 0 Å². The minimum Gasteiger partial charge on any atom is -0.459 e. The smallest absolute Gasteiger partial charge is 0.396 e. The summed E-state index contributed by atoms with van der Waals surface area (Å²) in [5.41, 5.74) is 0. The average Bonchev–Trinajstić information content (AvgIpc) is 2.71. The van der Waals surface area contributed by atoms with E-state index in [-0.39, 0.29) is 6.61 Å². The van der Waals surface area contributed by atoms with Crippen LogP contribution in [0.15, 0.2) is 15.9 Å². The van der Waals surface area contributed by atoms with Crippen molar-refractivity contribution in [3.63, 3.8) is 0 Å². The maximum absolute atomic E-state index is 11.5. The highest BCUT2D eigenvalue weighted by atomic mass is 79.9. The van der Waals surface area contributed by atoms with E-state index in [1.807, 2.05) is 11.4 Å². The first-order valence-electron chi connectivity index (χ1n) is 5.19. The monoisotopic (exact) mass is 319 g/mol. The van der Waals surface area contributed by atoms with Gasteiger partial charge in [-0.25, -0.2) is 4.79 Å². The molecule has 94 valence electrons. The number of halogens is 1. The number of nitrogens with zero attached hydrogens (tertiary/aromatic N) is 1. The van der Waals surface area contributed by atoms with E-state index in [1.54, 1.807) is 25.3 Å². The topological polar surface area (TPSA) is 46.6 Å². The number of esters is 1. The van der Waals surface area contributed by atoms with E-state index in [9.17, 15) is 9.59 Å². The molecule has 4 nitrogen and oxygen atoms in total. The quantitative estimate of drug-likeness (QED) is 0.630. The third-order valence-corrected chi connectivity index (χ3v) is 3.87. The van der Waals surface area contributed by atoms with Gasteiger partial charge in [-0.15, -0.1) is 11.3 Å². The Bertz CT molecular complexity index is 405. The first-order chi connectivity index (χ1) is 8.04. The van der Waals surface area contributed by atoms with Crippen molar-refractivity contribution in [1.29, 1.82) is 0 Å². The molecule has 0 fully saturated rings. The Kier molecular flexibility index (Phi) is 5.64. The zero-order valence-electron chi connectivity index (χ0n) is 9.73. The fourth-order valence-electron chi connectivity index (χ4n) is 1.21. The van der Waals surface area contributed by atoms with Gasteiger partial charge in [0.1, 0.15) is 0 Å². The van der Waals surface area contributed by atoms with E-state index in [4.69, 9.17) is 0 Å². The number of ether oxygens (including phenoxy) is 1. The maximum Gasteiger partial charge on any atom is 0.396 e. The highest BCUT2D eigenvalue weighted by Crippen LogP contribution is 2.20. The van der Waals surface area contributed by atoms with Gasteiger partial charge in [0.25, 0.3) is 0 Å². The lowest BCUT2D eigenvalue weighted by Gasteiger charge is -2.15. The van der Waals surface area contributed by atoms with Crippen molar-refractivity contribution in [2.75, 3.05) is 20.2 Å². The van der Waals surface area contributed by atoms with Crippen LogP contribution in [-0.2, 0) is 20.7 Å². The maximum atomic E-state index is 11.5. The van der Waals surface area contributed by atoms with Crippen LogP contribution < -0.4 is 0 Å². The van der Waals surface area contributed by atoms with Gasteiger partial charge in [0, 0.05) is 28.3 Å². The lowest BCUT2D eigenvalue weighted by molar-refractivity contribution is -0.159. The molecule has 0 atom stereocenters. The number of hydrogen-bond donors (Lipinski definition) is 0. The number of amides is 1. The van der Waals surface area contributed by atoms with Crippen LogP contribution >= 0.6 is 27.3 Å². The summed E-state index contributed by atoms with van der Waals surface area (Å²) in [6.07, 6.45) is 0.734. The highest BCUT2D eigenvalue weighted by molar-refractivity contribution is 9.10. The Morgan fingerprint density at radius 2 is 2.24 bits per heavy atom. The van der Waals surface area contributed by atoms with Gasteiger partial charge < -0.3 is 9.64 Å². The van der Waals surface area contributed by atoms with Crippen LogP contribution in [0.2, 0.25) is 0 Å². The minimum absolute atomic E-state index is 0.219. The van der Waals surface area contributed by atoms with Crippen molar-refractivity contribution >= 4 is 39.1 Å². The van der Waals surface area contributed by atoms with E-state index in [1.165, 1.54) is 9.78 Å². The number of thiophene rings is 1. The Labute approximate surface area is 113 Å². The predicted octanol–water partition coefficient (Wildman–Crippen LogP) is 2.07. The second-order valence-corrected chi connectivity index (χ2v) is 5.34. The Morgan fingerprint density at radius 3 is 2.76 bits per heavy atom. The molecule has 1 amide bonds. The molecule has 1 heterocycles. The van der Waals surface area contributed by atoms with Crippen LogP contribution in [0, 0.1) is 0 Å². The third kappa shape index (κ3) is 4.47. The van der Waals surface area contributed by atoms with Crippen LogP contribution in [0.1, 0.15) is 11.8 Å². The molecule has 0 aliphatic carbocycles. The summed E-state index contributed by atoms with van der Waals surface area (Å²) in [4.78, 5) is 25.2. The summed E-state index contributed by atoms with van der Waals surface area (Å²) in [5, 5.41) is 1.99. The normalized spacial score (nSPS) is 10.1.